The maximum atomic E-state index is 6.04. The van der Waals surface area contributed by atoms with Gasteiger partial charge in [-0.3, -0.25) is 4.90 Å². The SMILES string of the molecule is CC(C)N1CCN(c2cc(Br)ccc2N)CC1. The molecule has 1 heterocycles. The molecule has 0 unspecified atom stereocenters. The van der Waals surface area contributed by atoms with Gasteiger partial charge in [-0.1, -0.05) is 15.9 Å². The molecular formula is C13H20BrN3. The molecule has 0 spiro atoms. The van der Waals surface area contributed by atoms with Crippen LogP contribution in [0, 0.1) is 0 Å². The number of hydrogen-bond donors (Lipinski definition) is 1. The molecule has 2 rings (SSSR count). The molecule has 0 radical (unpaired) electrons. The first kappa shape index (κ1) is 12.7. The zero-order chi connectivity index (χ0) is 12.4. The molecule has 0 atom stereocenters. The monoisotopic (exact) mass is 297 g/mol. The highest BCUT2D eigenvalue weighted by molar-refractivity contribution is 9.10. The van der Waals surface area contributed by atoms with E-state index in [4.69, 9.17) is 5.73 Å². The number of anilines is 2. The Morgan fingerprint density at radius 3 is 2.41 bits per heavy atom. The molecule has 1 aliphatic rings. The van der Waals surface area contributed by atoms with E-state index in [-0.39, 0.29) is 0 Å². The number of halogens is 1. The number of rotatable bonds is 2. The molecule has 17 heavy (non-hydrogen) atoms. The van der Waals surface area contributed by atoms with Crippen molar-refractivity contribution < 1.29 is 0 Å². The van der Waals surface area contributed by atoms with Crippen LogP contribution in [0.5, 0.6) is 0 Å². The fraction of sp³-hybridized carbons (Fsp3) is 0.538. The van der Waals surface area contributed by atoms with E-state index in [2.05, 4.69) is 45.6 Å². The van der Waals surface area contributed by atoms with E-state index in [0.29, 0.717) is 6.04 Å². The van der Waals surface area contributed by atoms with E-state index >= 15 is 0 Å². The maximum absolute atomic E-state index is 6.04. The van der Waals surface area contributed by atoms with Gasteiger partial charge < -0.3 is 10.6 Å². The molecule has 0 aromatic heterocycles. The van der Waals surface area contributed by atoms with Crippen LogP contribution in [0.1, 0.15) is 13.8 Å². The van der Waals surface area contributed by atoms with Crippen LogP contribution < -0.4 is 10.6 Å². The van der Waals surface area contributed by atoms with Gasteiger partial charge in [0.15, 0.2) is 0 Å². The van der Waals surface area contributed by atoms with Crippen LogP contribution in [0.15, 0.2) is 22.7 Å². The fourth-order valence-electron chi connectivity index (χ4n) is 2.27. The maximum Gasteiger partial charge on any atom is 0.0612 e. The molecule has 0 bridgehead atoms. The molecule has 1 aromatic rings. The summed E-state index contributed by atoms with van der Waals surface area (Å²) in [6, 6.07) is 6.70. The highest BCUT2D eigenvalue weighted by Crippen LogP contribution is 2.28. The number of nitrogen functional groups attached to an aromatic ring is 1. The fourth-order valence-corrected chi connectivity index (χ4v) is 2.62. The third-order valence-electron chi connectivity index (χ3n) is 3.38. The molecule has 0 saturated carbocycles. The zero-order valence-electron chi connectivity index (χ0n) is 10.5. The smallest absolute Gasteiger partial charge is 0.0612 e. The van der Waals surface area contributed by atoms with Crippen molar-refractivity contribution in [2.75, 3.05) is 36.8 Å². The molecule has 0 amide bonds. The largest absolute Gasteiger partial charge is 0.397 e. The third kappa shape index (κ3) is 2.93. The molecule has 1 aliphatic heterocycles. The molecule has 1 fully saturated rings. The zero-order valence-corrected chi connectivity index (χ0v) is 12.1. The summed E-state index contributed by atoms with van der Waals surface area (Å²) in [6.07, 6.45) is 0. The molecule has 2 N–H and O–H groups in total. The third-order valence-corrected chi connectivity index (χ3v) is 3.87. The summed E-state index contributed by atoms with van der Waals surface area (Å²) < 4.78 is 1.09. The van der Waals surface area contributed by atoms with Crippen molar-refractivity contribution in [2.24, 2.45) is 0 Å². The van der Waals surface area contributed by atoms with E-state index in [0.717, 1.165) is 42.0 Å². The first-order valence-electron chi connectivity index (χ1n) is 6.12. The minimum atomic E-state index is 0.636. The molecule has 3 nitrogen and oxygen atoms in total. The number of nitrogens with zero attached hydrogens (tertiary/aromatic N) is 2. The summed E-state index contributed by atoms with van der Waals surface area (Å²) in [5.41, 5.74) is 8.06. The van der Waals surface area contributed by atoms with Crippen LogP contribution in [0.25, 0.3) is 0 Å². The van der Waals surface area contributed by atoms with Gasteiger partial charge in [-0.2, -0.15) is 0 Å². The molecular weight excluding hydrogens is 278 g/mol. The van der Waals surface area contributed by atoms with Crippen LogP contribution in [0.4, 0.5) is 11.4 Å². The molecule has 1 aromatic carbocycles. The summed E-state index contributed by atoms with van der Waals surface area (Å²) in [5, 5.41) is 0. The van der Waals surface area contributed by atoms with Crippen LogP contribution in [-0.2, 0) is 0 Å². The van der Waals surface area contributed by atoms with Crippen molar-refractivity contribution in [3.05, 3.63) is 22.7 Å². The van der Waals surface area contributed by atoms with E-state index in [1.807, 2.05) is 12.1 Å². The number of benzene rings is 1. The van der Waals surface area contributed by atoms with E-state index in [1.54, 1.807) is 0 Å². The predicted octanol–water partition coefficient (Wildman–Crippen LogP) is 2.56. The lowest BCUT2D eigenvalue weighted by molar-refractivity contribution is 0.209. The Morgan fingerprint density at radius 1 is 1.18 bits per heavy atom. The van der Waals surface area contributed by atoms with Gasteiger partial charge in [0.05, 0.1) is 11.4 Å². The van der Waals surface area contributed by atoms with Gasteiger partial charge in [-0.05, 0) is 32.0 Å². The summed E-state index contributed by atoms with van der Waals surface area (Å²) in [7, 11) is 0. The number of hydrogen-bond acceptors (Lipinski definition) is 3. The van der Waals surface area contributed by atoms with Crippen LogP contribution in [-0.4, -0.2) is 37.1 Å². The van der Waals surface area contributed by atoms with Gasteiger partial charge in [0.2, 0.25) is 0 Å². The first-order valence-corrected chi connectivity index (χ1v) is 6.91. The standard InChI is InChI=1S/C13H20BrN3/c1-10(2)16-5-7-17(8-6-16)13-9-11(14)3-4-12(13)15/h3-4,9-10H,5-8,15H2,1-2H3. The summed E-state index contributed by atoms with van der Waals surface area (Å²) in [6.45, 7) is 8.84. The Hall–Kier alpha value is -0.740. The van der Waals surface area contributed by atoms with Crippen molar-refractivity contribution in [3.63, 3.8) is 0 Å². The van der Waals surface area contributed by atoms with E-state index < -0.39 is 0 Å². The predicted molar refractivity (Wildman–Crippen MR) is 77.5 cm³/mol. The average molecular weight is 298 g/mol. The normalized spacial score (nSPS) is 17.8. The minimum absolute atomic E-state index is 0.636. The summed E-state index contributed by atoms with van der Waals surface area (Å²) in [4.78, 5) is 4.88. The van der Waals surface area contributed by atoms with Gasteiger partial charge in [0, 0.05) is 36.7 Å². The quantitative estimate of drug-likeness (QED) is 0.852. The lowest BCUT2D eigenvalue weighted by Gasteiger charge is -2.38. The Bertz CT molecular complexity index is 384. The lowest BCUT2D eigenvalue weighted by Crippen LogP contribution is -2.49. The molecule has 94 valence electrons. The highest BCUT2D eigenvalue weighted by atomic mass is 79.9. The Labute approximate surface area is 112 Å². The van der Waals surface area contributed by atoms with Crippen molar-refractivity contribution in [2.45, 2.75) is 19.9 Å². The highest BCUT2D eigenvalue weighted by Gasteiger charge is 2.20. The van der Waals surface area contributed by atoms with Crippen LogP contribution >= 0.6 is 15.9 Å². The first-order chi connectivity index (χ1) is 8.08. The minimum Gasteiger partial charge on any atom is -0.397 e. The molecule has 0 aliphatic carbocycles. The topological polar surface area (TPSA) is 32.5 Å². The van der Waals surface area contributed by atoms with Crippen molar-refractivity contribution in [1.29, 1.82) is 0 Å². The second-order valence-electron chi connectivity index (χ2n) is 4.82. The van der Waals surface area contributed by atoms with Gasteiger partial charge >= 0.3 is 0 Å². The van der Waals surface area contributed by atoms with Crippen LogP contribution in [0.2, 0.25) is 0 Å². The van der Waals surface area contributed by atoms with Gasteiger partial charge in [0.25, 0.3) is 0 Å². The lowest BCUT2D eigenvalue weighted by atomic mass is 10.2. The molecule has 4 heteroatoms. The number of nitrogens with two attached hydrogens (primary N) is 1. The second kappa shape index (κ2) is 5.27. The Morgan fingerprint density at radius 2 is 1.82 bits per heavy atom. The van der Waals surface area contributed by atoms with Gasteiger partial charge in [-0.25, -0.2) is 0 Å². The summed E-state index contributed by atoms with van der Waals surface area (Å²) >= 11 is 3.51. The van der Waals surface area contributed by atoms with E-state index in [9.17, 15) is 0 Å². The van der Waals surface area contributed by atoms with Crippen molar-refractivity contribution in [1.82, 2.24) is 4.90 Å². The Balaban J connectivity index is 2.07. The molecule has 1 saturated heterocycles. The van der Waals surface area contributed by atoms with Crippen molar-refractivity contribution >= 4 is 27.3 Å². The van der Waals surface area contributed by atoms with E-state index in [1.165, 1.54) is 0 Å². The summed E-state index contributed by atoms with van der Waals surface area (Å²) in [5.74, 6) is 0. The van der Waals surface area contributed by atoms with Gasteiger partial charge in [0.1, 0.15) is 0 Å². The van der Waals surface area contributed by atoms with Gasteiger partial charge in [-0.15, -0.1) is 0 Å². The second-order valence-corrected chi connectivity index (χ2v) is 5.74. The average Bonchev–Trinajstić information content (AvgIpc) is 2.32. The van der Waals surface area contributed by atoms with Crippen molar-refractivity contribution in [3.8, 4) is 0 Å². The van der Waals surface area contributed by atoms with Crippen LogP contribution in [0.3, 0.4) is 0 Å². The Kier molecular flexibility index (Phi) is 3.94. The number of piperazine rings is 1.